The number of hydrogen-bond donors (Lipinski definition) is 1. The lowest BCUT2D eigenvalue weighted by Crippen LogP contribution is -2.20. The predicted octanol–water partition coefficient (Wildman–Crippen LogP) is 2.89. The van der Waals surface area contributed by atoms with E-state index in [2.05, 4.69) is 39.3 Å². The Kier molecular flexibility index (Phi) is 5.78. The Morgan fingerprint density at radius 2 is 1.89 bits per heavy atom. The third kappa shape index (κ3) is 4.59. The summed E-state index contributed by atoms with van der Waals surface area (Å²) in [6, 6.07) is 14.4. The van der Waals surface area contributed by atoms with Crippen LogP contribution < -0.4 is 5.32 Å². The van der Waals surface area contributed by atoms with E-state index in [-0.39, 0.29) is 12.5 Å². The van der Waals surface area contributed by atoms with Crippen molar-refractivity contribution in [3.8, 4) is 11.4 Å². The summed E-state index contributed by atoms with van der Waals surface area (Å²) in [5, 5.41) is 14.9. The van der Waals surface area contributed by atoms with Gasteiger partial charge in [0.1, 0.15) is 6.54 Å². The first-order chi connectivity index (χ1) is 13.5. The summed E-state index contributed by atoms with van der Waals surface area (Å²) in [6.45, 7) is 4.16. The van der Waals surface area contributed by atoms with Gasteiger partial charge in [-0.3, -0.25) is 4.79 Å². The maximum Gasteiger partial charge on any atom is 0.337 e. The summed E-state index contributed by atoms with van der Waals surface area (Å²) in [4.78, 5) is 25.0. The normalized spacial score (nSPS) is 10.7. The van der Waals surface area contributed by atoms with Crippen LogP contribution in [0.4, 0.5) is 5.69 Å². The number of tetrazole rings is 1. The van der Waals surface area contributed by atoms with E-state index in [1.54, 1.807) is 24.3 Å². The molecule has 8 nitrogen and oxygen atoms in total. The van der Waals surface area contributed by atoms with Crippen LogP contribution in [-0.4, -0.2) is 39.2 Å². The van der Waals surface area contributed by atoms with Crippen molar-refractivity contribution in [2.75, 3.05) is 12.4 Å². The van der Waals surface area contributed by atoms with E-state index >= 15 is 0 Å². The van der Waals surface area contributed by atoms with Crippen LogP contribution in [0, 0.1) is 0 Å². The maximum atomic E-state index is 12.2. The van der Waals surface area contributed by atoms with Crippen LogP contribution in [0.1, 0.15) is 35.7 Å². The molecule has 2 aromatic carbocycles. The average Bonchev–Trinajstić information content (AvgIpc) is 3.15. The Hall–Kier alpha value is -3.55. The van der Waals surface area contributed by atoms with Crippen LogP contribution in [0.3, 0.4) is 0 Å². The second-order valence-corrected chi connectivity index (χ2v) is 6.54. The first kappa shape index (κ1) is 19.2. The SMILES string of the molecule is COC(=O)c1cccc(NC(=O)Cn2nnc(-c3ccc(C(C)C)cc3)n2)c1. The molecule has 0 aliphatic rings. The van der Waals surface area contributed by atoms with E-state index in [4.69, 9.17) is 0 Å². The minimum absolute atomic E-state index is 0.0977. The Bertz CT molecular complexity index is 980. The molecule has 0 saturated heterocycles. The second-order valence-electron chi connectivity index (χ2n) is 6.54. The van der Waals surface area contributed by atoms with E-state index in [9.17, 15) is 9.59 Å². The van der Waals surface area contributed by atoms with Crippen LogP contribution in [-0.2, 0) is 16.1 Å². The van der Waals surface area contributed by atoms with E-state index in [0.29, 0.717) is 23.0 Å². The first-order valence-electron chi connectivity index (χ1n) is 8.82. The summed E-state index contributed by atoms with van der Waals surface area (Å²) in [6.07, 6.45) is 0. The number of rotatable bonds is 6. The third-order valence-electron chi connectivity index (χ3n) is 4.14. The topological polar surface area (TPSA) is 99.0 Å². The van der Waals surface area contributed by atoms with Crippen molar-refractivity contribution in [3.05, 3.63) is 59.7 Å². The van der Waals surface area contributed by atoms with Crippen molar-refractivity contribution in [2.45, 2.75) is 26.3 Å². The largest absolute Gasteiger partial charge is 0.465 e. The van der Waals surface area contributed by atoms with Crippen molar-refractivity contribution in [2.24, 2.45) is 0 Å². The number of amides is 1. The molecule has 0 saturated carbocycles. The van der Waals surface area contributed by atoms with Crippen LogP contribution in [0.25, 0.3) is 11.4 Å². The quantitative estimate of drug-likeness (QED) is 0.661. The monoisotopic (exact) mass is 379 g/mol. The molecule has 0 bridgehead atoms. The number of anilines is 1. The number of nitrogens with one attached hydrogen (secondary N) is 1. The molecule has 0 fully saturated rings. The molecule has 0 unspecified atom stereocenters. The van der Waals surface area contributed by atoms with Crippen LogP contribution in [0.2, 0.25) is 0 Å². The summed E-state index contributed by atoms with van der Waals surface area (Å²) in [5.74, 6) is 0.0955. The van der Waals surface area contributed by atoms with Crippen LogP contribution in [0.15, 0.2) is 48.5 Å². The second kappa shape index (κ2) is 8.43. The molecule has 0 atom stereocenters. The van der Waals surface area contributed by atoms with Crippen molar-refractivity contribution in [3.63, 3.8) is 0 Å². The molecule has 0 aliphatic carbocycles. The lowest BCUT2D eigenvalue weighted by atomic mass is 10.0. The average molecular weight is 379 g/mol. The van der Waals surface area contributed by atoms with Crippen molar-refractivity contribution in [1.82, 2.24) is 20.2 Å². The van der Waals surface area contributed by atoms with Gasteiger partial charge in [-0.25, -0.2) is 4.79 Å². The molecule has 1 amide bonds. The highest BCUT2D eigenvalue weighted by molar-refractivity contribution is 5.94. The molecule has 3 rings (SSSR count). The minimum Gasteiger partial charge on any atom is -0.465 e. The number of carbonyl (C=O) groups is 2. The maximum absolute atomic E-state index is 12.2. The highest BCUT2D eigenvalue weighted by Gasteiger charge is 2.11. The summed E-state index contributed by atoms with van der Waals surface area (Å²) in [7, 11) is 1.30. The lowest BCUT2D eigenvalue weighted by Gasteiger charge is -2.06. The molecule has 0 aliphatic heterocycles. The molecular weight excluding hydrogens is 358 g/mol. The smallest absolute Gasteiger partial charge is 0.337 e. The van der Waals surface area contributed by atoms with E-state index in [0.717, 1.165) is 5.56 Å². The number of benzene rings is 2. The Morgan fingerprint density at radius 1 is 1.14 bits per heavy atom. The summed E-state index contributed by atoms with van der Waals surface area (Å²) < 4.78 is 4.67. The highest BCUT2D eigenvalue weighted by atomic mass is 16.5. The third-order valence-corrected chi connectivity index (χ3v) is 4.14. The number of methoxy groups -OCH3 is 1. The van der Waals surface area contributed by atoms with Gasteiger partial charge in [0, 0.05) is 11.3 Å². The molecule has 3 aromatic rings. The molecule has 8 heteroatoms. The van der Waals surface area contributed by atoms with Crippen LogP contribution >= 0.6 is 0 Å². The number of nitrogens with zero attached hydrogens (tertiary/aromatic N) is 4. The number of hydrogen-bond acceptors (Lipinski definition) is 6. The molecule has 0 spiro atoms. The Morgan fingerprint density at radius 3 is 2.57 bits per heavy atom. The van der Waals surface area contributed by atoms with Gasteiger partial charge in [-0.05, 0) is 34.9 Å². The van der Waals surface area contributed by atoms with Gasteiger partial charge in [-0.2, -0.15) is 4.80 Å². The van der Waals surface area contributed by atoms with Crippen molar-refractivity contribution < 1.29 is 14.3 Å². The van der Waals surface area contributed by atoms with E-state index < -0.39 is 5.97 Å². The Balaban J connectivity index is 1.65. The fourth-order valence-electron chi connectivity index (χ4n) is 2.61. The Labute approximate surface area is 162 Å². The summed E-state index contributed by atoms with van der Waals surface area (Å²) in [5.41, 5.74) is 2.90. The number of esters is 1. The van der Waals surface area contributed by atoms with Crippen molar-refractivity contribution in [1.29, 1.82) is 0 Å². The molecule has 144 valence electrons. The standard InChI is InChI=1S/C20H21N5O3/c1-13(2)14-7-9-15(10-8-14)19-22-24-25(23-19)12-18(26)21-17-6-4-5-16(11-17)20(27)28-3/h4-11,13H,12H2,1-3H3,(H,21,26). The van der Waals surface area contributed by atoms with Crippen LogP contribution in [0.5, 0.6) is 0 Å². The number of ether oxygens (including phenoxy) is 1. The lowest BCUT2D eigenvalue weighted by molar-refractivity contribution is -0.117. The zero-order valence-electron chi connectivity index (χ0n) is 15.9. The van der Waals surface area contributed by atoms with E-state index in [1.165, 1.54) is 17.5 Å². The predicted molar refractivity (Wildman–Crippen MR) is 104 cm³/mol. The van der Waals surface area contributed by atoms with Gasteiger partial charge in [0.15, 0.2) is 0 Å². The van der Waals surface area contributed by atoms with Gasteiger partial charge in [-0.1, -0.05) is 44.2 Å². The van der Waals surface area contributed by atoms with Gasteiger partial charge in [0.05, 0.1) is 12.7 Å². The van der Waals surface area contributed by atoms with Crippen molar-refractivity contribution >= 4 is 17.6 Å². The fraction of sp³-hybridized carbons (Fsp3) is 0.250. The molecule has 1 N–H and O–H groups in total. The van der Waals surface area contributed by atoms with Gasteiger partial charge in [-0.15, -0.1) is 10.2 Å². The minimum atomic E-state index is -0.470. The number of carbonyl (C=O) groups excluding carboxylic acids is 2. The van der Waals surface area contributed by atoms with Gasteiger partial charge in [0.25, 0.3) is 0 Å². The molecule has 1 heterocycles. The van der Waals surface area contributed by atoms with Gasteiger partial charge < -0.3 is 10.1 Å². The zero-order valence-corrected chi connectivity index (χ0v) is 15.9. The molecular formula is C20H21N5O3. The zero-order chi connectivity index (χ0) is 20.1. The molecule has 0 radical (unpaired) electrons. The van der Waals surface area contributed by atoms with Gasteiger partial charge in [0.2, 0.25) is 11.7 Å². The number of aromatic nitrogens is 4. The first-order valence-corrected chi connectivity index (χ1v) is 8.82. The summed E-state index contributed by atoms with van der Waals surface area (Å²) >= 11 is 0. The molecule has 28 heavy (non-hydrogen) atoms. The fourth-order valence-corrected chi connectivity index (χ4v) is 2.61. The van der Waals surface area contributed by atoms with E-state index in [1.807, 2.05) is 24.3 Å². The van der Waals surface area contributed by atoms with Gasteiger partial charge >= 0.3 is 5.97 Å². The highest BCUT2D eigenvalue weighted by Crippen LogP contribution is 2.19. The molecule has 1 aromatic heterocycles.